The van der Waals surface area contributed by atoms with E-state index in [1.807, 2.05) is 25.3 Å². The molecule has 0 unspecified atom stereocenters. The van der Waals surface area contributed by atoms with Crippen molar-refractivity contribution in [3.05, 3.63) is 64.1 Å². The smallest absolute Gasteiger partial charge is 0.0642 e. The maximum absolute atomic E-state index is 4.34. The van der Waals surface area contributed by atoms with Crippen LogP contribution in [-0.2, 0) is 20.0 Å². The van der Waals surface area contributed by atoms with Gasteiger partial charge in [-0.05, 0) is 56.3 Å². The van der Waals surface area contributed by atoms with Gasteiger partial charge in [0.2, 0.25) is 0 Å². The predicted octanol–water partition coefficient (Wildman–Crippen LogP) is 3.58. The van der Waals surface area contributed by atoms with E-state index in [-0.39, 0.29) is 0 Å². The number of nitrogens with zero attached hydrogens (tertiary/aromatic N) is 3. The SMILES string of the molecule is Cc1cc(C#Cc2ccc(C)nc2)c2c(c1)c1c(n2C)CCN(C)C1. The highest BCUT2D eigenvalue weighted by Gasteiger charge is 2.22. The molecule has 0 radical (unpaired) electrons. The lowest BCUT2D eigenvalue weighted by Crippen LogP contribution is -2.26. The van der Waals surface area contributed by atoms with Gasteiger partial charge in [0.1, 0.15) is 0 Å². The van der Waals surface area contributed by atoms with Crippen molar-refractivity contribution in [2.45, 2.75) is 26.8 Å². The van der Waals surface area contributed by atoms with Crippen molar-refractivity contribution in [2.75, 3.05) is 13.6 Å². The second-order valence-electron chi connectivity index (χ2n) is 7.12. The molecule has 25 heavy (non-hydrogen) atoms. The van der Waals surface area contributed by atoms with E-state index in [4.69, 9.17) is 0 Å². The van der Waals surface area contributed by atoms with Crippen LogP contribution in [0.1, 0.15) is 33.6 Å². The van der Waals surface area contributed by atoms with Gasteiger partial charge in [0.05, 0.1) is 5.52 Å². The molecule has 0 amide bonds. The zero-order valence-electron chi connectivity index (χ0n) is 15.3. The van der Waals surface area contributed by atoms with E-state index in [9.17, 15) is 0 Å². The summed E-state index contributed by atoms with van der Waals surface area (Å²) in [7, 11) is 4.38. The molecule has 0 bridgehead atoms. The van der Waals surface area contributed by atoms with Crippen LogP contribution in [0.2, 0.25) is 0 Å². The third kappa shape index (κ3) is 2.83. The van der Waals surface area contributed by atoms with Crippen molar-refractivity contribution in [1.82, 2.24) is 14.5 Å². The lowest BCUT2D eigenvalue weighted by molar-refractivity contribution is 0.310. The molecule has 0 spiro atoms. The Morgan fingerprint density at radius 1 is 1.08 bits per heavy atom. The summed E-state index contributed by atoms with van der Waals surface area (Å²) in [5.74, 6) is 6.69. The minimum absolute atomic E-state index is 0.957. The normalized spacial score (nSPS) is 14.2. The lowest BCUT2D eigenvalue weighted by Gasteiger charge is -2.23. The van der Waals surface area contributed by atoms with Crippen LogP contribution in [0.25, 0.3) is 10.9 Å². The highest BCUT2D eigenvalue weighted by atomic mass is 15.1. The van der Waals surface area contributed by atoms with Crippen LogP contribution in [-0.4, -0.2) is 28.0 Å². The first-order chi connectivity index (χ1) is 12.0. The van der Waals surface area contributed by atoms with E-state index < -0.39 is 0 Å². The molecular formula is C22H23N3. The molecule has 0 saturated carbocycles. The number of rotatable bonds is 0. The Kier molecular flexibility index (Phi) is 3.86. The molecule has 4 rings (SSSR count). The van der Waals surface area contributed by atoms with Crippen LogP contribution >= 0.6 is 0 Å². The first-order valence-corrected chi connectivity index (χ1v) is 8.77. The van der Waals surface area contributed by atoms with Gasteiger partial charge in [-0.2, -0.15) is 0 Å². The molecule has 1 aromatic carbocycles. The number of likely N-dealkylation sites (N-methyl/N-ethyl adjacent to an activating group) is 1. The van der Waals surface area contributed by atoms with Crippen molar-refractivity contribution < 1.29 is 0 Å². The molecule has 0 saturated heterocycles. The fourth-order valence-electron chi connectivity index (χ4n) is 3.78. The van der Waals surface area contributed by atoms with Crippen molar-refractivity contribution >= 4 is 10.9 Å². The summed E-state index contributed by atoms with van der Waals surface area (Å²) in [6, 6.07) is 8.55. The number of pyridine rings is 1. The van der Waals surface area contributed by atoms with E-state index in [0.29, 0.717) is 0 Å². The zero-order chi connectivity index (χ0) is 17.6. The highest BCUT2D eigenvalue weighted by Crippen LogP contribution is 2.32. The minimum atomic E-state index is 0.957. The van der Waals surface area contributed by atoms with Crippen molar-refractivity contribution in [3.63, 3.8) is 0 Å². The fourth-order valence-corrected chi connectivity index (χ4v) is 3.78. The Hall–Kier alpha value is -2.57. The van der Waals surface area contributed by atoms with Crippen molar-refractivity contribution in [1.29, 1.82) is 0 Å². The number of hydrogen-bond acceptors (Lipinski definition) is 2. The molecule has 0 aliphatic carbocycles. The summed E-state index contributed by atoms with van der Waals surface area (Å²) in [4.78, 5) is 6.73. The molecule has 3 heterocycles. The van der Waals surface area contributed by atoms with Crippen molar-refractivity contribution in [3.8, 4) is 11.8 Å². The third-order valence-corrected chi connectivity index (χ3v) is 5.08. The van der Waals surface area contributed by atoms with Crippen LogP contribution in [0.3, 0.4) is 0 Å². The Morgan fingerprint density at radius 2 is 1.92 bits per heavy atom. The molecular weight excluding hydrogens is 306 g/mol. The molecule has 3 nitrogen and oxygen atoms in total. The third-order valence-electron chi connectivity index (χ3n) is 5.08. The molecule has 0 atom stereocenters. The van der Waals surface area contributed by atoms with Gasteiger partial charge in [-0.25, -0.2) is 0 Å². The van der Waals surface area contributed by atoms with E-state index in [1.165, 1.54) is 27.7 Å². The highest BCUT2D eigenvalue weighted by molar-refractivity contribution is 5.91. The van der Waals surface area contributed by atoms with E-state index in [1.54, 1.807) is 0 Å². The summed E-state index contributed by atoms with van der Waals surface area (Å²) in [6.07, 6.45) is 2.95. The molecule has 3 aromatic rings. The van der Waals surface area contributed by atoms with Crippen LogP contribution in [0.4, 0.5) is 0 Å². The first kappa shape index (κ1) is 15.9. The van der Waals surface area contributed by atoms with Gasteiger partial charge in [0, 0.05) is 60.7 Å². The summed E-state index contributed by atoms with van der Waals surface area (Å²) >= 11 is 0. The quantitative estimate of drug-likeness (QED) is 0.588. The maximum Gasteiger partial charge on any atom is 0.0642 e. The van der Waals surface area contributed by atoms with Crippen LogP contribution < -0.4 is 0 Å². The Labute approximate surface area is 149 Å². The van der Waals surface area contributed by atoms with E-state index in [2.05, 4.69) is 59.4 Å². The van der Waals surface area contributed by atoms with Gasteiger partial charge in [0.25, 0.3) is 0 Å². The zero-order valence-corrected chi connectivity index (χ0v) is 15.3. The molecule has 1 aliphatic rings. The molecule has 2 aromatic heterocycles. The summed E-state index contributed by atoms with van der Waals surface area (Å²) in [5, 5.41) is 1.36. The van der Waals surface area contributed by atoms with E-state index >= 15 is 0 Å². The van der Waals surface area contributed by atoms with Gasteiger partial charge in [-0.1, -0.05) is 11.8 Å². The average Bonchev–Trinajstić information content (AvgIpc) is 2.86. The van der Waals surface area contributed by atoms with Crippen molar-refractivity contribution in [2.24, 2.45) is 7.05 Å². The monoisotopic (exact) mass is 329 g/mol. The second kappa shape index (κ2) is 6.06. The Bertz CT molecular complexity index is 1010. The Morgan fingerprint density at radius 3 is 2.68 bits per heavy atom. The maximum atomic E-state index is 4.34. The summed E-state index contributed by atoms with van der Waals surface area (Å²) < 4.78 is 2.36. The second-order valence-corrected chi connectivity index (χ2v) is 7.12. The first-order valence-electron chi connectivity index (χ1n) is 8.77. The summed E-state index contributed by atoms with van der Waals surface area (Å²) in [6.45, 7) is 6.29. The van der Waals surface area contributed by atoms with E-state index in [0.717, 1.165) is 36.3 Å². The largest absolute Gasteiger partial charge is 0.346 e. The number of aromatic nitrogens is 2. The van der Waals surface area contributed by atoms with Crippen LogP contribution in [0, 0.1) is 25.7 Å². The summed E-state index contributed by atoms with van der Waals surface area (Å²) in [5.41, 5.74) is 8.53. The standard InChI is InChI=1S/C22H23N3/c1-15-11-18(8-7-17-6-5-16(2)23-13-17)22-19(12-15)20-14-24(3)10-9-21(20)25(22)4/h5-6,11-13H,9-10,14H2,1-4H3. The topological polar surface area (TPSA) is 21.1 Å². The molecule has 0 fully saturated rings. The molecule has 126 valence electrons. The average molecular weight is 329 g/mol. The van der Waals surface area contributed by atoms with Gasteiger partial charge < -0.3 is 9.47 Å². The van der Waals surface area contributed by atoms with Crippen LogP contribution in [0.5, 0.6) is 0 Å². The predicted molar refractivity (Wildman–Crippen MR) is 103 cm³/mol. The number of hydrogen-bond donors (Lipinski definition) is 0. The molecule has 3 heteroatoms. The Balaban J connectivity index is 1.89. The number of fused-ring (bicyclic) bond motifs is 3. The molecule has 1 aliphatic heterocycles. The van der Waals surface area contributed by atoms with Crippen LogP contribution in [0.15, 0.2) is 30.5 Å². The number of benzene rings is 1. The molecule has 0 N–H and O–H groups in total. The van der Waals surface area contributed by atoms with Gasteiger partial charge in [-0.3, -0.25) is 4.98 Å². The fraction of sp³-hybridized carbons (Fsp3) is 0.318. The lowest BCUT2D eigenvalue weighted by atomic mass is 10.0. The van der Waals surface area contributed by atoms with Gasteiger partial charge in [-0.15, -0.1) is 0 Å². The number of aryl methyl sites for hydroxylation is 3. The van der Waals surface area contributed by atoms with Gasteiger partial charge >= 0.3 is 0 Å². The van der Waals surface area contributed by atoms with Gasteiger partial charge in [0.15, 0.2) is 0 Å². The minimum Gasteiger partial charge on any atom is -0.346 e.